The molecule has 0 aromatic carbocycles. The highest BCUT2D eigenvalue weighted by atomic mass is 32.1. The van der Waals surface area contributed by atoms with Gasteiger partial charge in [0.15, 0.2) is 0 Å². The van der Waals surface area contributed by atoms with E-state index >= 15 is 0 Å². The highest BCUT2D eigenvalue weighted by Gasteiger charge is 2.18. The van der Waals surface area contributed by atoms with Gasteiger partial charge in [-0.25, -0.2) is 0 Å². The minimum absolute atomic E-state index is 0.662. The van der Waals surface area contributed by atoms with Crippen LogP contribution >= 0.6 is 11.5 Å². The molecule has 0 atom stereocenters. The fourth-order valence-corrected chi connectivity index (χ4v) is 2.70. The third-order valence-corrected chi connectivity index (χ3v) is 3.95. The summed E-state index contributed by atoms with van der Waals surface area (Å²) in [4.78, 5) is 2.59. The summed E-state index contributed by atoms with van der Waals surface area (Å²) in [5.74, 6) is 0. The third kappa shape index (κ3) is 4.33. The number of rotatable bonds is 6. The van der Waals surface area contributed by atoms with Crippen molar-refractivity contribution in [2.75, 3.05) is 19.6 Å². The van der Waals surface area contributed by atoms with E-state index in [0.29, 0.717) is 6.04 Å². The van der Waals surface area contributed by atoms with Gasteiger partial charge in [-0.2, -0.15) is 0 Å². The van der Waals surface area contributed by atoms with Crippen LogP contribution in [0.4, 0.5) is 0 Å². The second-order valence-corrected chi connectivity index (χ2v) is 5.36. The fourth-order valence-electron chi connectivity index (χ4n) is 2.25. The van der Waals surface area contributed by atoms with E-state index in [9.17, 15) is 0 Å². The molecular weight excluding hydrogens is 232 g/mol. The second-order valence-electron chi connectivity index (χ2n) is 4.75. The van der Waals surface area contributed by atoms with E-state index in [0.717, 1.165) is 12.2 Å². The first-order chi connectivity index (χ1) is 8.38. The predicted molar refractivity (Wildman–Crippen MR) is 71.1 cm³/mol. The van der Waals surface area contributed by atoms with Crippen molar-refractivity contribution in [3.63, 3.8) is 0 Å². The molecule has 0 radical (unpaired) electrons. The average molecular weight is 254 g/mol. The van der Waals surface area contributed by atoms with Crippen LogP contribution in [0, 0.1) is 0 Å². The first-order valence-corrected chi connectivity index (χ1v) is 7.44. The standard InChI is InChI=1S/C12H22N4S/c1-2-3-6-16-7-4-11(5-8-16)13-9-12-10-17-15-14-12/h10-11,13H,2-9H2,1H3. The Morgan fingerprint density at radius 2 is 2.29 bits per heavy atom. The molecule has 4 nitrogen and oxygen atoms in total. The molecule has 5 heteroatoms. The van der Waals surface area contributed by atoms with Gasteiger partial charge in [-0.15, -0.1) is 5.10 Å². The fraction of sp³-hybridized carbons (Fsp3) is 0.833. The molecule has 0 amide bonds. The maximum absolute atomic E-state index is 4.05. The van der Waals surface area contributed by atoms with E-state index in [-0.39, 0.29) is 0 Å². The summed E-state index contributed by atoms with van der Waals surface area (Å²) in [6.45, 7) is 6.89. The lowest BCUT2D eigenvalue weighted by molar-refractivity contribution is 0.194. The topological polar surface area (TPSA) is 41.0 Å². The summed E-state index contributed by atoms with van der Waals surface area (Å²) in [6, 6.07) is 0.662. The van der Waals surface area contributed by atoms with E-state index in [1.54, 1.807) is 0 Å². The van der Waals surface area contributed by atoms with E-state index in [1.165, 1.54) is 56.9 Å². The van der Waals surface area contributed by atoms with Crippen molar-refractivity contribution in [2.45, 2.75) is 45.2 Å². The molecule has 0 spiro atoms. The number of hydrogen-bond donors (Lipinski definition) is 1. The highest BCUT2D eigenvalue weighted by molar-refractivity contribution is 7.03. The summed E-state index contributed by atoms with van der Waals surface area (Å²) in [5.41, 5.74) is 1.07. The molecule has 0 aliphatic carbocycles. The predicted octanol–water partition coefficient (Wildman–Crippen LogP) is 1.89. The minimum Gasteiger partial charge on any atom is -0.308 e. The number of unbranched alkanes of at least 4 members (excludes halogenated alkanes) is 1. The SMILES string of the molecule is CCCCN1CCC(NCc2csnn2)CC1. The van der Waals surface area contributed by atoms with Gasteiger partial charge < -0.3 is 10.2 Å². The van der Waals surface area contributed by atoms with Gasteiger partial charge in [-0.05, 0) is 50.4 Å². The van der Waals surface area contributed by atoms with Gasteiger partial charge in [0.25, 0.3) is 0 Å². The number of likely N-dealkylation sites (tertiary alicyclic amines) is 1. The Bertz CT molecular complexity index is 293. The molecule has 2 heterocycles. The van der Waals surface area contributed by atoms with Gasteiger partial charge in [0.2, 0.25) is 0 Å². The minimum atomic E-state index is 0.662. The molecule has 0 saturated carbocycles. The van der Waals surface area contributed by atoms with Crippen LogP contribution in [0.3, 0.4) is 0 Å². The Kier molecular flexibility index (Phi) is 5.35. The molecule has 17 heavy (non-hydrogen) atoms. The largest absolute Gasteiger partial charge is 0.308 e. The van der Waals surface area contributed by atoms with Crippen LogP contribution in [0.1, 0.15) is 38.3 Å². The van der Waals surface area contributed by atoms with Crippen molar-refractivity contribution < 1.29 is 0 Å². The zero-order valence-electron chi connectivity index (χ0n) is 10.6. The molecule has 0 bridgehead atoms. The average Bonchev–Trinajstić information content (AvgIpc) is 2.88. The van der Waals surface area contributed by atoms with E-state index in [4.69, 9.17) is 0 Å². The highest BCUT2D eigenvalue weighted by Crippen LogP contribution is 2.11. The molecule has 1 saturated heterocycles. The number of piperidine rings is 1. The quantitative estimate of drug-likeness (QED) is 0.842. The number of nitrogens with zero attached hydrogens (tertiary/aromatic N) is 3. The van der Waals surface area contributed by atoms with Gasteiger partial charge in [0.05, 0.1) is 5.69 Å². The van der Waals surface area contributed by atoms with Crippen LogP contribution in [0.25, 0.3) is 0 Å². The van der Waals surface area contributed by atoms with Crippen molar-refractivity contribution in [1.82, 2.24) is 19.8 Å². The molecule has 1 aliphatic heterocycles. The Balaban J connectivity index is 1.62. The van der Waals surface area contributed by atoms with Gasteiger partial charge in [-0.3, -0.25) is 0 Å². The van der Waals surface area contributed by atoms with E-state index in [2.05, 4.69) is 26.7 Å². The number of aromatic nitrogens is 2. The lowest BCUT2D eigenvalue weighted by Crippen LogP contribution is -2.42. The first-order valence-electron chi connectivity index (χ1n) is 6.60. The Hall–Kier alpha value is -0.520. The van der Waals surface area contributed by atoms with Crippen molar-refractivity contribution in [3.05, 3.63) is 11.1 Å². The van der Waals surface area contributed by atoms with E-state index < -0.39 is 0 Å². The molecule has 1 aromatic heterocycles. The molecule has 96 valence electrons. The first kappa shape index (κ1) is 12.9. The van der Waals surface area contributed by atoms with Crippen molar-refractivity contribution in [1.29, 1.82) is 0 Å². The zero-order chi connectivity index (χ0) is 11.9. The normalized spacial score (nSPS) is 18.6. The Labute approximate surface area is 108 Å². The van der Waals surface area contributed by atoms with Crippen molar-refractivity contribution in [3.8, 4) is 0 Å². The summed E-state index contributed by atoms with van der Waals surface area (Å²) in [6.07, 6.45) is 5.17. The molecule has 2 rings (SSSR count). The molecule has 1 fully saturated rings. The number of hydrogen-bond acceptors (Lipinski definition) is 5. The second kappa shape index (κ2) is 7.03. The van der Waals surface area contributed by atoms with Crippen LogP contribution in [-0.2, 0) is 6.54 Å². The van der Waals surface area contributed by atoms with Crippen LogP contribution in [0.5, 0.6) is 0 Å². The van der Waals surface area contributed by atoms with Crippen LogP contribution in [0.2, 0.25) is 0 Å². The number of nitrogens with one attached hydrogen (secondary N) is 1. The Morgan fingerprint density at radius 3 is 2.94 bits per heavy atom. The monoisotopic (exact) mass is 254 g/mol. The van der Waals surface area contributed by atoms with Gasteiger partial charge >= 0.3 is 0 Å². The van der Waals surface area contributed by atoms with Crippen molar-refractivity contribution >= 4 is 11.5 Å². The maximum Gasteiger partial charge on any atom is 0.0893 e. The van der Waals surface area contributed by atoms with Crippen LogP contribution in [-0.4, -0.2) is 40.2 Å². The van der Waals surface area contributed by atoms with Crippen LogP contribution < -0.4 is 5.32 Å². The molecule has 0 unspecified atom stereocenters. The van der Waals surface area contributed by atoms with Crippen molar-refractivity contribution in [2.24, 2.45) is 0 Å². The lowest BCUT2D eigenvalue weighted by Gasteiger charge is -2.32. The maximum atomic E-state index is 4.05. The third-order valence-electron chi connectivity index (χ3n) is 3.39. The smallest absolute Gasteiger partial charge is 0.0893 e. The summed E-state index contributed by atoms with van der Waals surface area (Å²) < 4.78 is 3.88. The van der Waals surface area contributed by atoms with E-state index in [1.807, 2.05) is 5.38 Å². The lowest BCUT2D eigenvalue weighted by atomic mass is 10.0. The summed E-state index contributed by atoms with van der Waals surface area (Å²) >= 11 is 1.43. The zero-order valence-corrected chi connectivity index (χ0v) is 11.4. The van der Waals surface area contributed by atoms with Crippen LogP contribution in [0.15, 0.2) is 5.38 Å². The molecule has 1 aliphatic rings. The molecule has 1 aromatic rings. The Morgan fingerprint density at radius 1 is 1.47 bits per heavy atom. The van der Waals surface area contributed by atoms with Gasteiger partial charge in [0, 0.05) is 18.0 Å². The summed E-state index contributed by atoms with van der Waals surface area (Å²) in [5, 5.41) is 9.65. The molecule has 1 N–H and O–H groups in total. The summed E-state index contributed by atoms with van der Waals surface area (Å²) in [7, 11) is 0. The van der Waals surface area contributed by atoms with Gasteiger partial charge in [-0.1, -0.05) is 17.8 Å². The van der Waals surface area contributed by atoms with Gasteiger partial charge in [0.1, 0.15) is 0 Å². The molecular formula is C12H22N4S.